The van der Waals surface area contributed by atoms with E-state index >= 15 is 0 Å². The number of esters is 2. The number of carbonyl (C=O) groups excluding carboxylic acids is 2. The molecule has 0 radical (unpaired) electrons. The maximum absolute atomic E-state index is 14.3. The molecule has 4 N–H and O–H groups in total. The van der Waals surface area contributed by atoms with Crippen LogP contribution in [0.3, 0.4) is 0 Å². The van der Waals surface area contributed by atoms with Crippen molar-refractivity contribution < 1.29 is 41.4 Å². The second kappa shape index (κ2) is 12.6. The van der Waals surface area contributed by atoms with Gasteiger partial charge in [-0.3, -0.25) is 0 Å². The molecule has 0 fully saturated rings. The molecule has 0 saturated heterocycles. The molecular weight excluding hydrogens is 508 g/mol. The van der Waals surface area contributed by atoms with Gasteiger partial charge in [0.1, 0.15) is 23.9 Å². The Labute approximate surface area is 215 Å². The van der Waals surface area contributed by atoms with Gasteiger partial charge in [0.05, 0.1) is 12.2 Å². The summed E-state index contributed by atoms with van der Waals surface area (Å²) < 4.78 is 66.2. The highest BCUT2D eigenvalue weighted by molar-refractivity contribution is 5.91. The summed E-state index contributed by atoms with van der Waals surface area (Å²) in [6.07, 6.45) is -2.88. The first-order valence-electron chi connectivity index (χ1n) is 11.3. The molecule has 38 heavy (non-hydrogen) atoms. The number of benzene rings is 3. The van der Waals surface area contributed by atoms with Gasteiger partial charge < -0.3 is 25.7 Å². The van der Waals surface area contributed by atoms with Crippen LogP contribution in [-0.2, 0) is 16.1 Å². The Morgan fingerprint density at radius 3 is 2.29 bits per heavy atom. The van der Waals surface area contributed by atoms with Gasteiger partial charge in [0.25, 0.3) is 0 Å². The molecule has 0 bridgehead atoms. The number of alkyl halides is 3. The second-order valence-electron chi connectivity index (χ2n) is 8.07. The maximum atomic E-state index is 14.3. The molecule has 0 aliphatic rings. The van der Waals surface area contributed by atoms with Gasteiger partial charge in [0.15, 0.2) is 0 Å². The lowest BCUT2D eigenvalue weighted by atomic mass is 10.2. The van der Waals surface area contributed by atoms with Crippen LogP contribution in [0.2, 0.25) is 0 Å². The van der Waals surface area contributed by atoms with Gasteiger partial charge in [0, 0.05) is 35.5 Å². The summed E-state index contributed by atoms with van der Waals surface area (Å²) in [5, 5.41) is 0. The van der Waals surface area contributed by atoms with E-state index in [-0.39, 0.29) is 36.7 Å². The van der Waals surface area contributed by atoms with E-state index in [1.165, 1.54) is 30.4 Å². The molecule has 3 rings (SSSR count). The summed E-state index contributed by atoms with van der Waals surface area (Å²) in [7, 11) is 0. The lowest BCUT2D eigenvalue weighted by Gasteiger charge is -2.10. The molecular formula is C27H24F4N2O5. The van der Waals surface area contributed by atoms with Crippen molar-refractivity contribution in [2.45, 2.75) is 25.6 Å². The van der Waals surface area contributed by atoms with Crippen LogP contribution in [0.25, 0.3) is 6.08 Å². The van der Waals surface area contributed by atoms with Gasteiger partial charge in [0.2, 0.25) is 0 Å². The number of nitrogens with two attached hydrogens (primary N) is 2. The predicted molar refractivity (Wildman–Crippen MR) is 133 cm³/mol. The van der Waals surface area contributed by atoms with Gasteiger partial charge in [-0.15, -0.1) is 0 Å². The quantitative estimate of drug-likeness (QED) is 0.0862. The van der Waals surface area contributed by atoms with Crippen LogP contribution >= 0.6 is 0 Å². The molecule has 0 atom stereocenters. The first-order valence-corrected chi connectivity index (χ1v) is 11.3. The Hall–Kier alpha value is -4.54. The third-order valence-electron chi connectivity index (χ3n) is 5.08. The van der Waals surface area contributed by atoms with Crippen LogP contribution in [-0.4, -0.2) is 24.7 Å². The minimum absolute atomic E-state index is 0.00664. The van der Waals surface area contributed by atoms with Crippen LogP contribution in [0, 0.1) is 5.82 Å². The summed E-state index contributed by atoms with van der Waals surface area (Å²) >= 11 is 0. The van der Waals surface area contributed by atoms with Crippen LogP contribution in [0.1, 0.15) is 34.3 Å². The molecule has 0 heterocycles. The number of rotatable bonds is 10. The molecule has 0 aromatic heterocycles. The van der Waals surface area contributed by atoms with E-state index < -0.39 is 30.4 Å². The molecule has 0 aliphatic heterocycles. The molecule has 3 aromatic carbocycles. The lowest BCUT2D eigenvalue weighted by Crippen LogP contribution is -2.11. The monoisotopic (exact) mass is 532 g/mol. The van der Waals surface area contributed by atoms with Crippen LogP contribution in [0.5, 0.6) is 11.5 Å². The van der Waals surface area contributed by atoms with Crippen molar-refractivity contribution in [3.8, 4) is 11.5 Å². The third kappa shape index (κ3) is 8.84. The zero-order valence-corrected chi connectivity index (χ0v) is 20.0. The Morgan fingerprint density at radius 2 is 1.63 bits per heavy atom. The van der Waals surface area contributed by atoms with Crippen molar-refractivity contribution in [2.75, 3.05) is 18.1 Å². The molecule has 0 saturated carbocycles. The van der Waals surface area contributed by atoms with Crippen LogP contribution < -0.4 is 20.9 Å². The molecule has 0 spiro atoms. The second-order valence-corrected chi connectivity index (χ2v) is 8.07. The first-order chi connectivity index (χ1) is 18.0. The number of ether oxygens (including phenoxy) is 3. The Balaban J connectivity index is 1.49. The molecule has 0 unspecified atom stereocenters. The summed E-state index contributed by atoms with van der Waals surface area (Å²) in [5.41, 5.74) is 13.2. The van der Waals surface area contributed by atoms with E-state index in [4.69, 9.17) is 25.7 Å². The lowest BCUT2D eigenvalue weighted by molar-refractivity contribution is -0.139. The van der Waals surface area contributed by atoms with Crippen molar-refractivity contribution in [1.82, 2.24) is 0 Å². The van der Waals surface area contributed by atoms with E-state index in [0.29, 0.717) is 22.5 Å². The van der Waals surface area contributed by atoms with E-state index in [0.717, 1.165) is 12.1 Å². The zero-order chi connectivity index (χ0) is 27.7. The van der Waals surface area contributed by atoms with Crippen molar-refractivity contribution in [2.24, 2.45) is 0 Å². The number of hydrogen-bond donors (Lipinski definition) is 2. The minimum atomic E-state index is -4.29. The van der Waals surface area contributed by atoms with Crippen LogP contribution in [0.15, 0.2) is 66.7 Å². The average Bonchev–Trinajstić information content (AvgIpc) is 2.85. The highest BCUT2D eigenvalue weighted by Crippen LogP contribution is 2.23. The predicted octanol–water partition coefficient (Wildman–Crippen LogP) is 5.69. The number of anilines is 2. The van der Waals surface area contributed by atoms with Gasteiger partial charge in [-0.25, -0.2) is 14.0 Å². The average molecular weight is 532 g/mol. The van der Waals surface area contributed by atoms with E-state index in [1.807, 2.05) is 0 Å². The number of halogens is 4. The number of nitrogen functional groups attached to an aromatic ring is 2. The Morgan fingerprint density at radius 1 is 0.921 bits per heavy atom. The van der Waals surface area contributed by atoms with E-state index in [2.05, 4.69) is 0 Å². The highest BCUT2D eigenvalue weighted by Gasteiger charge is 2.26. The molecule has 7 nitrogen and oxygen atoms in total. The normalized spacial score (nSPS) is 11.4. The van der Waals surface area contributed by atoms with Crippen molar-refractivity contribution in [1.29, 1.82) is 0 Å². The minimum Gasteiger partial charge on any atom is -0.493 e. The topological polar surface area (TPSA) is 114 Å². The maximum Gasteiger partial charge on any atom is 0.389 e. The van der Waals surface area contributed by atoms with Crippen LogP contribution in [0.4, 0.5) is 28.9 Å². The number of carbonyl (C=O) groups is 2. The zero-order valence-electron chi connectivity index (χ0n) is 20.0. The fourth-order valence-electron chi connectivity index (χ4n) is 3.13. The van der Waals surface area contributed by atoms with Crippen molar-refractivity contribution in [3.05, 3.63) is 89.2 Å². The summed E-state index contributed by atoms with van der Waals surface area (Å²) in [5.74, 6) is -2.39. The largest absolute Gasteiger partial charge is 0.493 e. The molecule has 3 aromatic rings. The first kappa shape index (κ1) is 28.0. The fraction of sp³-hybridized carbons (Fsp3) is 0.185. The summed E-state index contributed by atoms with van der Waals surface area (Å²) in [6.45, 7) is -0.273. The Bertz CT molecular complexity index is 1310. The van der Waals surface area contributed by atoms with Gasteiger partial charge in [-0.05, 0) is 54.5 Å². The Kier molecular flexibility index (Phi) is 9.31. The summed E-state index contributed by atoms with van der Waals surface area (Å²) in [4.78, 5) is 24.3. The van der Waals surface area contributed by atoms with Gasteiger partial charge >= 0.3 is 18.1 Å². The molecule has 11 heteroatoms. The van der Waals surface area contributed by atoms with E-state index in [1.54, 1.807) is 30.3 Å². The highest BCUT2D eigenvalue weighted by atomic mass is 19.4. The molecule has 200 valence electrons. The molecule has 0 amide bonds. The fourth-order valence-corrected chi connectivity index (χ4v) is 3.13. The van der Waals surface area contributed by atoms with Gasteiger partial charge in [-0.2, -0.15) is 13.2 Å². The smallest absolute Gasteiger partial charge is 0.389 e. The molecule has 0 aliphatic carbocycles. The van der Waals surface area contributed by atoms with Crippen molar-refractivity contribution in [3.63, 3.8) is 0 Å². The number of hydrogen-bond acceptors (Lipinski definition) is 7. The standard InChI is InChI=1S/C27H24F4N2O5/c28-23-15-21(36-13-1-12-27(29,30)31)9-10-22(23)26(35)38-20-7-2-17(3-8-20)4-11-25(34)37-16-18-5-6-19(32)14-24(18)33/h2-11,14-15H,1,12-13,16,32-33H2/b11-4+. The van der Waals surface area contributed by atoms with E-state index in [9.17, 15) is 27.2 Å². The van der Waals surface area contributed by atoms with Gasteiger partial charge in [-0.1, -0.05) is 18.2 Å². The third-order valence-corrected chi connectivity index (χ3v) is 5.08. The SMILES string of the molecule is Nc1ccc(COC(=O)/C=C/c2ccc(OC(=O)c3ccc(OCCCC(F)(F)F)cc3F)cc2)c(N)c1. The summed E-state index contributed by atoms with van der Waals surface area (Å²) in [6, 6.07) is 14.2. The van der Waals surface area contributed by atoms with Crippen molar-refractivity contribution >= 4 is 29.4 Å².